The van der Waals surface area contributed by atoms with Crippen molar-refractivity contribution < 1.29 is 0 Å². The lowest BCUT2D eigenvalue weighted by Crippen LogP contribution is -2.10. The number of benzene rings is 4. The Morgan fingerprint density at radius 2 is 1.14 bits per heavy atom. The van der Waals surface area contributed by atoms with Crippen LogP contribution >= 0.6 is 0 Å². The van der Waals surface area contributed by atoms with Crippen LogP contribution in [0, 0.1) is 32.6 Å². The smallest absolute Gasteiger partial charge is 0.0494 e. The van der Waals surface area contributed by atoms with Crippen molar-refractivity contribution in [3.63, 3.8) is 0 Å². The van der Waals surface area contributed by atoms with E-state index in [0.717, 1.165) is 19.5 Å². The fourth-order valence-corrected chi connectivity index (χ4v) is 7.55. The number of aromatic nitrogens is 2. The van der Waals surface area contributed by atoms with E-state index in [4.69, 9.17) is 0 Å². The average Bonchev–Trinajstić information content (AvgIpc) is 3.48. The molecule has 6 rings (SSSR count). The van der Waals surface area contributed by atoms with Gasteiger partial charge in [0.25, 0.3) is 0 Å². The van der Waals surface area contributed by atoms with Crippen LogP contribution in [0.15, 0.2) is 66.7 Å². The third kappa shape index (κ3) is 5.69. The molecule has 0 saturated carbocycles. The molecular formula is C42H52N2. The molecule has 2 heterocycles. The maximum Gasteiger partial charge on any atom is 0.0494 e. The van der Waals surface area contributed by atoms with E-state index >= 15 is 0 Å². The molecule has 2 aromatic heterocycles. The number of unbranched alkanes of at least 4 members (excludes halogenated alkanes) is 1. The molecule has 0 aliphatic heterocycles. The lowest BCUT2D eigenvalue weighted by atomic mass is 9.97. The van der Waals surface area contributed by atoms with Gasteiger partial charge in [0.05, 0.1) is 0 Å². The standard InChI is InChI=1S/C42H52N2/c1-8-12-13-32(11-4)27-44-40-21-29(6)14-17-35(40)36-18-16-33(24-41(36)44)23-34-25-42-38(22-30(34)7)37-20-28(5)15-19-39(37)43(42)26-31(9-2)10-3/h14-22,24-25,31-32H,8-13,23,26-27H2,1-7H3. The van der Waals surface area contributed by atoms with Crippen LogP contribution in [0.1, 0.15) is 94.0 Å². The van der Waals surface area contributed by atoms with Crippen molar-refractivity contribution in [2.45, 2.75) is 107 Å². The van der Waals surface area contributed by atoms with E-state index in [1.807, 2.05) is 0 Å². The highest BCUT2D eigenvalue weighted by atomic mass is 15.0. The molecule has 6 aromatic rings. The summed E-state index contributed by atoms with van der Waals surface area (Å²) >= 11 is 0. The van der Waals surface area contributed by atoms with Crippen LogP contribution in [-0.2, 0) is 19.5 Å². The zero-order valence-corrected chi connectivity index (χ0v) is 28.3. The molecule has 0 aliphatic rings. The highest BCUT2D eigenvalue weighted by Gasteiger charge is 2.18. The molecule has 1 unspecified atom stereocenters. The van der Waals surface area contributed by atoms with E-state index in [0.29, 0.717) is 11.8 Å². The Labute approximate surface area is 265 Å². The number of nitrogens with zero attached hydrogens (tertiary/aromatic N) is 2. The normalized spacial score (nSPS) is 12.9. The molecular weight excluding hydrogens is 532 g/mol. The largest absolute Gasteiger partial charge is 0.340 e. The Hall–Kier alpha value is -3.52. The maximum atomic E-state index is 2.65. The third-order valence-electron chi connectivity index (χ3n) is 10.5. The Morgan fingerprint density at radius 3 is 1.86 bits per heavy atom. The molecule has 230 valence electrons. The second-order valence-electron chi connectivity index (χ2n) is 13.7. The Balaban J connectivity index is 1.45. The first-order chi connectivity index (χ1) is 21.3. The van der Waals surface area contributed by atoms with Gasteiger partial charge < -0.3 is 9.13 Å². The number of fused-ring (bicyclic) bond motifs is 6. The summed E-state index contributed by atoms with van der Waals surface area (Å²) in [6.07, 6.45) is 8.51. The van der Waals surface area contributed by atoms with Crippen LogP contribution in [0.25, 0.3) is 43.6 Å². The summed E-state index contributed by atoms with van der Waals surface area (Å²) in [7, 11) is 0. The zero-order chi connectivity index (χ0) is 31.0. The van der Waals surface area contributed by atoms with Crippen molar-refractivity contribution in [2.75, 3.05) is 0 Å². The minimum absolute atomic E-state index is 0.692. The van der Waals surface area contributed by atoms with Crippen LogP contribution in [-0.4, -0.2) is 9.13 Å². The molecule has 1 atom stereocenters. The van der Waals surface area contributed by atoms with Crippen molar-refractivity contribution in [3.8, 4) is 0 Å². The molecule has 44 heavy (non-hydrogen) atoms. The van der Waals surface area contributed by atoms with Crippen LogP contribution in [0.5, 0.6) is 0 Å². The molecule has 0 amide bonds. The monoisotopic (exact) mass is 584 g/mol. The predicted octanol–water partition coefficient (Wildman–Crippen LogP) is 12.1. The highest BCUT2D eigenvalue weighted by Crippen LogP contribution is 2.36. The second-order valence-corrected chi connectivity index (χ2v) is 13.7. The van der Waals surface area contributed by atoms with Crippen molar-refractivity contribution in [2.24, 2.45) is 11.8 Å². The average molecular weight is 585 g/mol. The SMILES string of the molecule is CCCCC(CC)Cn1c2cc(C)ccc2c2ccc(Cc3cc4c(cc3C)c3cc(C)ccc3n4CC(CC)CC)cc21. The van der Waals surface area contributed by atoms with Gasteiger partial charge in [-0.25, -0.2) is 0 Å². The molecule has 0 bridgehead atoms. The Morgan fingerprint density at radius 1 is 0.545 bits per heavy atom. The predicted molar refractivity (Wildman–Crippen MR) is 193 cm³/mol. The summed E-state index contributed by atoms with van der Waals surface area (Å²) in [4.78, 5) is 0. The molecule has 4 aromatic carbocycles. The van der Waals surface area contributed by atoms with Gasteiger partial charge in [0.2, 0.25) is 0 Å². The summed E-state index contributed by atoms with van der Waals surface area (Å²) in [5.74, 6) is 1.40. The molecule has 0 N–H and O–H groups in total. The maximum absolute atomic E-state index is 2.65. The fourth-order valence-electron chi connectivity index (χ4n) is 7.55. The first-order valence-electron chi connectivity index (χ1n) is 17.4. The summed E-state index contributed by atoms with van der Waals surface area (Å²) < 4.78 is 5.27. The van der Waals surface area contributed by atoms with Crippen molar-refractivity contribution >= 4 is 43.6 Å². The van der Waals surface area contributed by atoms with Gasteiger partial charge in [-0.15, -0.1) is 0 Å². The van der Waals surface area contributed by atoms with Crippen LogP contribution < -0.4 is 0 Å². The number of hydrogen-bond acceptors (Lipinski definition) is 0. The molecule has 0 aliphatic carbocycles. The van der Waals surface area contributed by atoms with Crippen LogP contribution in [0.2, 0.25) is 0 Å². The molecule has 0 radical (unpaired) electrons. The third-order valence-corrected chi connectivity index (χ3v) is 10.5. The minimum atomic E-state index is 0.692. The Kier molecular flexibility index (Phi) is 8.90. The van der Waals surface area contributed by atoms with Crippen molar-refractivity contribution in [1.82, 2.24) is 9.13 Å². The van der Waals surface area contributed by atoms with Crippen LogP contribution in [0.3, 0.4) is 0 Å². The lowest BCUT2D eigenvalue weighted by molar-refractivity contribution is 0.401. The number of aryl methyl sites for hydroxylation is 3. The van der Waals surface area contributed by atoms with Gasteiger partial charge in [-0.1, -0.05) is 95.7 Å². The first-order valence-corrected chi connectivity index (χ1v) is 17.4. The highest BCUT2D eigenvalue weighted by molar-refractivity contribution is 6.09. The van der Waals surface area contributed by atoms with Gasteiger partial charge in [-0.3, -0.25) is 0 Å². The van der Waals surface area contributed by atoms with Crippen molar-refractivity contribution in [3.05, 3.63) is 94.5 Å². The minimum Gasteiger partial charge on any atom is -0.340 e. The quantitative estimate of drug-likeness (QED) is 0.135. The summed E-state index contributed by atoms with van der Waals surface area (Å²) in [6.45, 7) is 18.3. The Bertz CT molecular complexity index is 1930. The van der Waals surface area contributed by atoms with Gasteiger partial charge in [0.1, 0.15) is 0 Å². The van der Waals surface area contributed by atoms with E-state index in [9.17, 15) is 0 Å². The zero-order valence-electron chi connectivity index (χ0n) is 28.3. The second kappa shape index (κ2) is 12.8. The number of hydrogen-bond donors (Lipinski definition) is 0. The molecule has 2 nitrogen and oxygen atoms in total. The van der Waals surface area contributed by atoms with Crippen molar-refractivity contribution in [1.29, 1.82) is 0 Å². The van der Waals surface area contributed by atoms with Gasteiger partial charge in [-0.05, 0) is 104 Å². The molecule has 2 heteroatoms. The van der Waals surface area contributed by atoms with Gasteiger partial charge in [-0.2, -0.15) is 0 Å². The summed E-state index contributed by atoms with van der Waals surface area (Å²) in [5, 5.41) is 5.58. The van der Waals surface area contributed by atoms with Crippen LogP contribution in [0.4, 0.5) is 0 Å². The van der Waals surface area contributed by atoms with E-state index in [1.165, 1.54) is 110 Å². The van der Waals surface area contributed by atoms with E-state index in [1.54, 1.807) is 0 Å². The lowest BCUT2D eigenvalue weighted by Gasteiger charge is -2.18. The molecule has 0 saturated heterocycles. The first kappa shape index (κ1) is 30.5. The topological polar surface area (TPSA) is 9.86 Å². The van der Waals surface area contributed by atoms with E-state index in [-0.39, 0.29) is 0 Å². The van der Waals surface area contributed by atoms with E-state index < -0.39 is 0 Å². The molecule has 0 spiro atoms. The van der Waals surface area contributed by atoms with Gasteiger partial charge in [0.15, 0.2) is 0 Å². The number of rotatable bonds is 12. The van der Waals surface area contributed by atoms with Gasteiger partial charge >= 0.3 is 0 Å². The van der Waals surface area contributed by atoms with Gasteiger partial charge in [0, 0.05) is 56.7 Å². The van der Waals surface area contributed by atoms with E-state index in [2.05, 4.69) is 124 Å². The fraction of sp³-hybridized carbons (Fsp3) is 0.429. The summed E-state index contributed by atoms with van der Waals surface area (Å²) in [5.41, 5.74) is 12.5. The summed E-state index contributed by atoms with van der Waals surface area (Å²) in [6, 6.07) is 26.3. The molecule has 0 fully saturated rings.